The molecule has 1 amide bonds. The number of hydrogen-bond donors (Lipinski definition) is 5. The van der Waals surface area contributed by atoms with Gasteiger partial charge in [-0.2, -0.15) is 0 Å². The fourth-order valence-corrected chi connectivity index (χ4v) is 2.97. The van der Waals surface area contributed by atoms with Gasteiger partial charge >= 0.3 is 0 Å². The van der Waals surface area contributed by atoms with Gasteiger partial charge in [-0.05, 0) is 24.3 Å². The summed E-state index contributed by atoms with van der Waals surface area (Å²) in [6.45, 7) is -0.774. The smallest absolute Gasteiger partial charge is 0.255 e. The molecule has 3 heterocycles. The van der Waals surface area contributed by atoms with E-state index in [4.69, 9.17) is 4.74 Å². The number of pyridine rings is 2. The van der Waals surface area contributed by atoms with Gasteiger partial charge in [0.2, 0.25) is 5.78 Å². The predicted molar refractivity (Wildman–Crippen MR) is 93.0 cm³/mol. The van der Waals surface area contributed by atoms with Crippen molar-refractivity contribution < 1.29 is 34.8 Å². The largest absolute Gasteiger partial charge is 0.394 e. The molecular weight excluding hydrogens is 370 g/mol. The SMILES string of the molecule is O=C(N[C@@H]1[C@@H](O)[C@H](O)[C@@H](CO)OC1(O)C(=O)c1cccnc1)c1cccnc1. The first kappa shape index (κ1) is 20.0. The van der Waals surface area contributed by atoms with Crippen LogP contribution in [0.5, 0.6) is 0 Å². The van der Waals surface area contributed by atoms with Gasteiger partial charge in [0.05, 0.1) is 12.2 Å². The number of nitrogens with zero attached hydrogens (tertiary/aromatic N) is 2. The second-order valence-corrected chi connectivity index (χ2v) is 6.28. The van der Waals surface area contributed by atoms with Gasteiger partial charge in [0.15, 0.2) is 0 Å². The lowest BCUT2D eigenvalue weighted by Crippen LogP contribution is -2.72. The fourth-order valence-electron chi connectivity index (χ4n) is 2.97. The molecule has 5 atom stereocenters. The van der Waals surface area contributed by atoms with Crippen LogP contribution >= 0.6 is 0 Å². The highest BCUT2D eigenvalue weighted by molar-refractivity contribution is 6.02. The monoisotopic (exact) mass is 389 g/mol. The highest BCUT2D eigenvalue weighted by Gasteiger charge is 2.58. The molecule has 2 aromatic rings. The number of aliphatic hydroxyl groups is 4. The van der Waals surface area contributed by atoms with E-state index in [1.807, 2.05) is 0 Å². The summed E-state index contributed by atoms with van der Waals surface area (Å²) in [6.07, 6.45) is 0.373. The Labute approximate surface area is 159 Å². The molecule has 1 aliphatic rings. The number of Topliss-reactive ketones (excluding diaryl/α,β-unsaturated/α-hetero) is 1. The molecule has 28 heavy (non-hydrogen) atoms. The van der Waals surface area contributed by atoms with Crippen LogP contribution in [-0.2, 0) is 4.74 Å². The molecule has 0 saturated carbocycles. The van der Waals surface area contributed by atoms with Crippen molar-refractivity contribution >= 4 is 11.7 Å². The van der Waals surface area contributed by atoms with Crippen LogP contribution in [0.2, 0.25) is 0 Å². The van der Waals surface area contributed by atoms with Crippen LogP contribution in [0.3, 0.4) is 0 Å². The second kappa shape index (κ2) is 8.09. The van der Waals surface area contributed by atoms with Crippen molar-refractivity contribution in [3.63, 3.8) is 0 Å². The maximum atomic E-state index is 12.9. The summed E-state index contributed by atoms with van der Waals surface area (Å²) in [4.78, 5) is 33.0. The molecule has 2 aromatic heterocycles. The maximum Gasteiger partial charge on any atom is 0.255 e. The minimum Gasteiger partial charge on any atom is -0.394 e. The summed E-state index contributed by atoms with van der Waals surface area (Å²) in [5.41, 5.74) is 0.0514. The number of aliphatic hydroxyl groups excluding tert-OH is 3. The highest BCUT2D eigenvalue weighted by atomic mass is 16.7. The summed E-state index contributed by atoms with van der Waals surface area (Å²) >= 11 is 0. The van der Waals surface area contributed by atoms with E-state index in [0.717, 1.165) is 0 Å². The van der Waals surface area contributed by atoms with Crippen molar-refractivity contribution in [1.29, 1.82) is 0 Å². The Morgan fingerprint density at radius 3 is 2.21 bits per heavy atom. The Morgan fingerprint density at radius 1 is 1.07 bits per heavy atom. The lowest BCUT2D eigenvalue weighted by Gasteiger charge is -2.46. The molecule has 3 rings (SSSR count). The third-order valence-corrected chi connectivity index (χ3v) is 4.46. The van der Waals surface area contributed by atoms with E-state index in [-0.39, 0.29) is 11.1 Å². The average Bonchev–Trinajstić information content (AvgIpc) is 2.74. The normalized spacial score (nSPS) is 29.9. The summed E-state index contributed by atoms with van der Waals surface area (Å²) in [5.74, 6) is -4.51. The average molecular weight is 389 g/mol. The lowest BCUT2D eigenvalue weighted by molar-refractivity contribution is -0.290. The molecule has 1 aliphatic heterocycles. The topological polar surface area (TPSA) is 162 Å². The van der Waals surface area contributed by atoms with Gasteiger partial charge < -0.3 is 30.5 Å². The number of carbonyl (C=O) groups excluding carboxylic acids is 2. The van der Waals surface area contributed by atoms with Crippen LogP contribution in [0.15, 0.2) is 49.1 Å². The van der Waals surface area contributed by atoms with E-state index in [0.29, 0.717) is 0 Å². The first-order chi connectivity index (χ1) is 13.4. The Bertz CT molecular complexity index is 836. The second-order valence-electron chi connectivity index (χ2n) is 6.28. The minimum absolute atomic E-state index is 0.0501. The van der Waals surface area contributed by atoms with E-state index < -0.39 is 48.4 Å². The van der Waals surface area contributed by atoms with Crippen LogP contribution in [0.25, 0.3) is 0 Å². The molecular formula is C18H19N3O7. The molecule has 0 spiro atoms. The first-order valence-electron chi connectivity index (χ1n) is 8.41. The van der Waals surface area contributed by atoms with Crippen molar-refractivity contribution in [2.45, 2.75) is 30.1 Å². The fraction of sp³-hybridized carbons (Fsp3) is 0.333. The maximum absolute atomic E-state index is 12.9. The van der Waals surface area contributed by atoms with E-state index in [2.05, 4.69) is 15.3 Å². The zero-order valence-electron chi connectivity index (χ0n) is 14.5. The molecule has 0 aromatic carbocycles. The molecule has 1 fully saturated rings. The van der Waals surface area contributed by atoms with Crippen molar-refractivity contribution in [2.24, 2.45) is 0 Å². The number of nitrogens with one attached hydrogen (secondary N) is 1. The van der Waals surface area contributed by atoms with E-state index in [9.17, 15) is 30.0 Å². The van der Waals surface area contributed by atoms with Gasteiger partial charge in [0.1, 0.15) is 24.4 Å². The number of hydrogen-bond acceptors (Lipinski definition) is 9. The van der Waals surface area contributed by atoms with Gasteiger partial charge in [0.25, 0.3) is 11.7 Å². The summed E-state index contributed by atoms with van der Waals surface area (Å²) in [7, 11) is 0. The lowest BCUT2D eigenvalue weighted by atomic mass is 9.86. The number of ether oxygens (including phenoxy) is 1. The van der Waals surface area contributed by atoms with Gasteiger partial charge in [0, 0.05) is 30.4 Å². The third-order valence-electron chi connectivity index (χ3n) is 4.46. The van der Waals surface area contributed by atoms with Gasteiger partial charge in [-0.25, -0.2) is 0 Å². The Hall–Kier alpha value is -2.76. The quantitative estimate of drug-likeness (QED) is 0.374. The third kappa shape index (κ3) is 3.63. The molecule has 1 unspecified atom stereocenters. The first-order valence-corrected chi connectivity index (χ1v) is 8.41. The molecule has 148 valence electrons. The predicted octanol–water partition coefficient (Wildman–Crippen LogP) is -1.74. The van der Waals surface area contributed by atoms with Crippen LogP contribution in [0.1, 0.15) is 20.7 Å². The molecule has 0 bridgehead atoms. The van der Waals surface area contributed by atoms with Crippen LogP contribution in [0.4, 0.5) is 0 Å². The Kier molecular flexibility index (Phi) is 5.77. The van der Waals surface area contributed by atoms with Crippen LogP contribution < -0.4 is 5.32 Å². The van der Waals surface area contributed by atoms with E-state index >= 15 is 0 Å². The van der Waals surface area contributed by atoms with Gasteiger partial charge in [-0.1, -0.05) is 0 Å². The van der Waals surface area contributed by atoms with Crippen molar-refractivity contribution in [2.75, 3.05) is 6.61 Å². The zero-order valence-corrected chi connectivity index (χ0v) is 14.5. The number of rotatable bonds is 5. The number of aromatic nitrogens is 2. The van der Waals surface area contributed by atoms with Crippen molar-refractivity contribution in [3.8, 4) is 0 Å². The molecule has 10 nitrogen and oxygen atoms in total. The number of carbonyl (C=O) groups is 2. The molecule has 5 N–H and O–H groups in total. The zero-order chi connectivity index (χ0) is 20.3. The number of amides is 1. The van der Waals surface area contributed by atoms with Crippen molar-refractivity contribution in [3.05, 3.63) is 60.2 Å². The van der Waals surface area contributed by atoms with Gasteiger partial charge in [-0.3, -0.25) is 19.6 Å². The van der Waals surface area contributed by atoms with Gasteiger partial charge in [-0.15, -0.1) is 0 Å². The summed E-state index contributed by atoms with van der Waals surface area (Å²) in [5, 5.41) is 43.3. The van der Waals surface area contributed by atoms with Crippen LogP contribution in [0, 0.1) is 0 Å². The van der Waals surface area contributed by atoms with Crippen molar-refractivity contribution in [1.82, 2.24) is 15.3 Å². The molecule has 0 radical (unpaired) electrons. The number of ketones is 1. The molecule has 10 heteroatoms. The minimum atomic E-state index is -2.76. The summed E-state index contributed by atoms with van der Waals surface area (Å²) < 4.78 is 5.26. The summed E-state index contributed by atoms with van der Waals surface area (Å²) in [6, 6.07) is 4.03. The Morgan fingerprint density at radius 2 is 1.68 bits per heavy atom. The molecule has 1 saturated heterocycles. The van der Waals surface area contributed by atoms with Crippen LogP contribution in [-0.4, -0.2) is 78.8 Å². The van der Waals surface area contributed by atoms with E-state index in [1.54, 1.807) is 0 Å². The molecule has 0 aliphatic carbocycles. The highest BCUT2D eigenvalue weighted by Crippen LogP contribution is 2.31. The Balaban J connectivity index is 1.97. The van der Waals surface area contributed by atoms with E-state index in [1.165, 1.54) is 49.1 Å². The standard InChI is InChI=1S/C18H19N3O7/c22-9-12-13(23)14(24)15(21-17(26)11-4-2-6-20-8-11)18(27,28-12)16(25)10-3-1-5-19-7-10/h1-8,12-15,22-24,27H,9H2,(H,21,26)/t12-,13-,14+,15-,18?/m1/s1.